The van der Waals surface area contributed by atoms with Crippen molar-refractivity contribution in [2.75, 3.05) is 18.5 Å². The summed E-state index contributed by atoms with van der Waals surface area (Å²) in [7, 11) is 0. The van der Waals surface area contributed by atoms with Crippen LogP contribution in [0, 0.1) is 23.1 Å². The number of pyridine rings is 1. The van der Waals surface area contributed by atoms with Crippen molar-refractivity contribution in [1.82, 2.24) is 9.88 Å². The lowest BCUT2D eigenvalue weighted by molar-refractivity contribution is 0.0735. The third-order valence-electron chi connectivity index (χ3n) is 2.62. The smallest absolute Gasteiger partial charge is 0.257 e. The summed E-state index contributed by atoms with van der Waals surface area (Å²) >= 11 is 0. The number of hydrazine groups is 1. The molecule has 0 aliphatic heterocycles. The molecule has 20 heavy (non-hydrogen) atoms. The molecule has 0 aliphatic rings. The average Bonchev–Trinajstić information content (AvgIpc) is 2.42. The molecule has 7 heteroatoms. The van der Waals surface area contributed by atoms with Crippen LogP contribution in [0.4, 0.5) is 10.2 Å². The van der Waals surface area contributed by atoms with Crippen molar-refractivity contribution in [2.24, 2.45) is 11.8 Å². The first-order valence-electron chi connectivity index (χ1n) is 6.28. The van der Waals surface area contributed by atoms with Crippen LogP contribution in [0.1, 0.15) is 30.6 Å². The Labute approximate surface area is 117 Å². The van der Waals surface area contributed by atoms with E-state index in [4.69, 9.17) is 11.1 Å². The van der Waals surface area contributed by atoms with Gasteiger partial charge >= 0.3 is 0 Å². The van der Waals surface area contributed by atoms with Gasteiger partial charge in [0.05, 0.1) is 18.1 Å². The Kier molecular flexibility index (Phi) is 5.87. The Bertz CT molecular complexity index is 512. The molecule has 0 saturated heterocycles. The number of hydrogen-bond donors (Lipinski definition) is 2. The Balaban J connectivity index is 3.02. The van der Waals surface area contributed by atoms with Crippen molar-refractivity contribution in [1.29, 1.82) is 5.26 Å². The maximum Gasteiger partial charge on any atom is 0.257 e. The molecule has 1 heterocycles. The zero-order valence-corrected chi connectivity index (χ0v) is 11.6. The molecule has 1 rings (SSSR count). The minimum absolute atomic E-state index is 0.105. The van der Waals surface area contributed by atoms with E-state index in [9.17, 15) is 9.18 Å². The van der Waals surface area contributed by atoms with Crippen LogP contribution in [0.25, 0.3) is 0 Å². The zero-order chi connectivity index (χ0) is 15.1. The number of aromatic nitrogens is 1. The van der Waals surface area contributed by atoms with Crippen molar-refractivity contribution in [3.05, 3.63) is 23.6 Å². The normalized spacial score (nSPS) is 10.2. The van der Waals surface area contributed by atoms with Crippen LogP contribution >= 0.6 is 0 Å². The molecule has 0 spiro atoms. The van der Waals surface area contributed by atoms with Crippen molar-refractivity contribution < 1.29 is 9.18 Å². The van der Waals surface area contributed by atoms with E-state index in [0.717, 1.165) is 0 Å². The molecule has 0 radical (unpaired) electrons. The lowest BCUT2D eigenvalue weighted by Crippen LogP contribution is -2.35. The number of nitrogens with one attached hydrogen (secondary N) is 1. The molecule has 0 fully saturated rings. The highest BCUT2D eigenvalue weighted by Gasteiger charge is 2.21. The second-order valence-electron chi connectivity index (χ2n) is 4.72. The molecule has 6 nitrogen and oxygen atoms in total. The fourth-order valence-electron chi connectivity index (χ4n) is 1.78. The third kappa shape index (κ3) is 3.90. The summed E-state index contributed by atoms with van der Waals surface area (Å²) in [5, 5.41) is 8.64. The molecule has 0 aromatic carbocycles. The average molecular weight is 279 g/mol. The van der Waals surface area contributed by atoms with Crippen molar-refractivity contribution >= 4 is 11.7 Å². The van der Waals surface area contributed by atoms with Crippen LogP contribution in [0.15, 0.2) is 12.3 Å². The lowest BCUT2D eigenvalue weighted by atomic mass is 10.1. The zero-order valence-electron chi connectivity index (χ0n) is 11.6. The molecule has 0 saturated carbocycles. The Morgan fingerprint density at radius 2 is 2.35 bits per heavy atom. The summed E-state index contributed by atoms with van der Waals surface area (Å²) < 4.78 is 14.0. The number of rotatable bonds is 6. The van der Waals surface area contributed by atoms with Crippen LogP contribution in [0.5, 0.6) is 0 Å². The number of amides is 1. The van der Waals surface area contributed by atoms with Crippen molar-refractivity contribution in [3.8, 4) is 6.07 Å². The topological polar surface area (TPSA) is 95.0 Å². The number of carbonyl (C=O) groups excluding carboxylic acids is 1. The summed E-state index contributed by atoms with van der Waals surface area (Å²) in [6.07, 6.45) is 1.51. The molecular weight excluding hydrogens is 261 g/mol. The summed E-state index contributed by atoms with van der Waals surface area (Å²) in [4.78, 5) is 17.5. The van der Waals surface area contributed by atoms with Gasteiger partial charge in [-0.15, -0.1) is 0 Å². The van der Waals surface area contributed by atoms with Crippen molar-refractivity contribution in [3.63, 3.8) is 0 Å². The van der Waals surface area contributed by atoms with E-state index in [-0.39, 0.29) is 30.3 Å². The molecule has 1 amide bonds. The molecular formula is C13H18FN5O. The second-order valence-corrected chi connectivity index (χ2v) is 4.72. The molecule has 108 valence electrons. The van der Waals surface area contributed by atoms with Gasteiger partial charge in [-0.3, -0.25) is 4.79 Å². The van der Waals surface area contributed by atoms with Gasteiger partial charge < -0.3 is 10.3 Å². The fraction of sp³-hybridized carbons (Fsp3) is 0.462. The SMILES string of the molecule is CC(C)CN(CCC#N)C(=O)c1ccnc(NN)c1F. The largest absolute Gasteiger partial charge is 0.337 e. The van der Waals surface area contributed by atoms with Gasteiger partial charge in [-0.25, -0.2) is 15.2 Å². The highest BCUT2D eigenvalue weighted by atomic mass is 19.1. The molecule has 0 atom stereocenters. The molecule has 0 aliphatic carbocycles. The highest BCUT2D eigenvalue weighted by Crippen LogP contribution is 2.17. The van der Waals surface area contributed by atoms with E-state index in [1.54, 1.807) is 0 Å². The van der Waals surface area contributed by atoms with Crippen LogP contribution in [-0.2, 0) is 0 Å². The Morgan fingerprint density at radius 3 is 2.90 bits per heavy atom. The van der Waals surface area contributed by atoms with E-state index >= 15 is 0 Å². The van der Waals surface area contributed by atoms with Gasteiger partial charge in [-0.1, -0.05) is 13.8 Å². The monoisotopic (exact) mass is 279 g/mol. The summed E-state index contributed by atoms with van der Waals surface area (Å²) in [6.45, 7) is 4.61. The molecule has 0 bridgehead atoms. The summed E-state index contributed by atoms with van der Waals surface area (Å²) in [5.74, 6) is 3.92. The van der Waals surface area contributed by atoms with Gasteiger partial charge in [-0.2, -0.15) is 5.26 Å². The van der Waals surface area contributed by atoms with Gasteiger partial charge in [0.2, 0.25) is 0 Å². The quantitative estimate of drug-likeness (QED) is 0.608. The fourth-order valence-corrected chi connectivity index (χ4v) is 1.78. The lowest BCUT2D eigenvalue weighted by Gasteiger charge is -2.24. The van der Waals surface area contributed by atoms with Gasteiger partial charge in [0.15, 0.2) is 11.6 Å². The van der Waals surface area contributed by atoms with E-state index in [2.05, 4.69) is 10.4 Å². The number of nitrogen functional groups attached to an aromatic ring is 1. The minimum Gasteiger partial charge on any atom is -0.337 e. The predicted octanol–water partition coefficient (Wildman–Crippen LogP) is 1.52. The van der Waals surface area contributed by atoms with Crippen LogP contribution in [0.3, 0.4) is 0 Å². The van der Waals surface area contributed by atoms with E-state index in [0.29, 0.717) is 6.54 Å². The Hall–Kier alpha value is -2.20. The van der Waals surface area contributed by atoms with Gasteiger partial charge in [0.25, 0.3) is 5.91 Å². The van der Waals surface area contributed by atoms with Crippen LogP contribution in [-0.4, -0.2) is 28.9 Å². The first-order valence-corrected chi connectivity index (χ1v) is 6.28. The predicted molar refractivity (Wildman–Crippen MR) is 73.0 cm³/mol. The highest BCUT2D eigenvalue weighted by molar-refractivity contribution is 5.95. The minimum atomic E-state index is -0.786. The van der Waals surface area contributed by atoms with Crippen LogP contribution in [0.2, 0.25) is 0 Å². The van der Waals surface area contributed by atoms with Gasteiger partial charge in [0, 0.05) is 19.3 Å². The van der Waals surface area contributed by atoms with Gasteiger partial charge in [-0.05, 0) is 12.0 Å². The first kappa shape index (κ1) is 15.9. The molecule has 1 aromatic rings. The number of nitriles is 1. The number of carbonyl (C=O) groups is 1. The summed E-state index contributed by atoms with van der Waals surface area (Å²) in [5.41, 5.74) is 2.00. The summed E-state index contributed by atoms with van der Waals surface area (Å²) in [6, 6.07) is 3.29. The van der Waals surface area contributed by atoms with E-state index in [1.807, 2.05) is 19.9 Å². The molecule has 0 unspecified atom stereocenters. The van der Waals surface area contributed by atoms with Gasteiger partial charge in [0.1, 0.15) is 0 Å². The maximum absolute atomic E-state index is 14.0. The number of anilines is 1. The third-order valence-corrected chi connectivity index (χ3v) is 2.62. The number of nitrogens with two attached hydrogens (primary N) is 1. The van der Waals surface area contributed by atoms with E-state index < -0.39 is 11.7 Å². The number of nitrogens with zero attached hydrogens (tertiary/aromatic N) is 3. The van der Waals surface area contributed by atoms with Crippen LogP contribution < -0.4 is 11.3 Å². The maximum atomic E-state index is 14.0. The number of hydrogen-bond acceptors (Lipinski definition) is 5. The molecule has 1 aromatic heterocycles. The second kappa shape index (κ2) is 7.40. The standard InChI is InChI=1S/C13H18FN5O/c1-9(2)8-19(7-3-5-15)13(20)10-4-6-17-12(18-16)11(10)14/h4,6,9H,3,7-8,16H2,1-2H3,(H,17,18). The van der Waals surface area contributed by atoms with Crippen molar-refractivity contribution in [2.45, 2.75) is 20.3 Å². The first-order chi connectivity index (χ1) is 9.51. The van der Waals surface area contributed by atoms with E-state index in [1.165, 1.54) is 17.2 Å². The number of halogens is 1. The Morgan fingerprint density at radius 1 is 1.65 bits per heavy atom. The molecule has 3 N–H and O–H groups in total.